The third kappa shape index (κ3) is 4.62. The second-order valence-corrected chi connectivity index (χ2v) is 4.29. The van der Waals surface area contributed by atoms with Gasteiger partial charge in [-0.25, -0.2) is 0 Å². The predicted molar refractivity (Wildman–Crippen MR) is 57.7 cm³/mol. The molecule has 0 radical (unpaired) electrons. The van der Waals surface area contributed by atoms with Crippen molar-refractivity contribution in [3.8, 4) is 0 Å². The first-order valence-corrected chi connectivity index (χ1v) is 5.80. The van der Waals surface area contributed by atoms with Gasteiger partial charge in [0.1, 0.15) is 0 Å². The molecule has 1 fully saturated rings. The first-order chi connectivity index (χ1) is 7.24. The molecule has 0 aromatic heterocycles. The summed E-state index contributed by atoms with van der Waals surface area (Å²) < 4.78 is 0. The molecule has 0 spiro atoms. The predicted octanol–water partition coefficient (Wildman–Crippen LogP) is 0.992. The molecule has 0 saturated heterocycles. The van der Waals surface area contributed by atoms with Gasteiger partial charge in [0.15, 0.2) is 0 Å². The van der Waals surface area contributed by atoms with Crippen LogP contribution in [0.5, 0.6) is 0 Å². The Morgan fingerprint density at radius 3 is 2.80 bits per heavy atom. The number of aliphatic carboxylic acids is 1. The molecule has 1 aliphatic carbocycles. The van der Waals surface area contributed by atoms with E-state index in [9.17, 15) is 4.79 Å². The lowest BCUT2D eigenvalue weighted by molar-refractivity contribution is -0.137. The summed E-state index contributed by atoms with van der Waals surface area (Å²) >= 11 is 0. The fourth-order valence-corrected chi connectivity index (χ4v) is 2.21. The number of hydrogen-bond acceptors (Lipinski definition) is 3. The highest BCUT2D eigenvalue weighted by Crippen LogP contribution is 2.24. The van der Waals surface area contributed by atoms with E-state index >= 15 is 0 Å². The van der Waals surface area contributed by atoms with Crippen LogP contribution < -0.4 is 5.32 Å². The van der Waals surface area contributed by atoms with Gasteiger partial charge in [-0.05, 0) is 38.1 Å². The molecule has 4 nitrogen and oxygen atoms in total. The molecule has 0 amide bonds. The topological polar surface area (TPSA) is 69.6 Å². The van der Waals surface area contributed by atoms with Gasteiger partial charge in [-0.15, -0.1) is 0 Å². The highest BCUT2D eigenvalue weighted by molar-refractivity contribution is 5.66. The van der Waals surface area contributed by atoms with Gasteiger partial charge in [0.05, 0.1) is 0 Å². The van der Waals surface area contributed by atoms with Gasteiger partial charge in [-0.1, -0.05) is 6.42 Å². The Balaban J connectivity index is 2.02. The van der Waals surface area contributed by atoms with E-state index in [1.54, 1.807) is 0 Å². The van der Waals surface area contributed by atoms with E-state index in [1.807, 2.05) is 0 Å². The SMILES string of the molecule is O=C(O)CCCCNC1CCCC1CO. The van der Waals surface area contributed by atoms with Gasteiger partial charge < -0.3 is 15.5 Å². The first-order valence-electron chi connectivity index (χ1n) is 5.80. The number of nitrogens with one attached hydrogen (secondary N) is 1. The molecule has 88 valence electrons. The number of rotatable bonds is 7. The van der Waals surface area contributed by atoms with Gasteiger partial charge in [-0.2, -0.15) is 0 Å². The van der Waals surface area contributed by atoms with E-state index < -0.39 is 5.97 Å². The van der Waals surface area contributed by atoms with Crippen molar-refractivity contribution in [2.45, 2.75) is 44.6 Å². The molecular weight excluding hydrogens is 194 g/mol. The summed E-state index contributed by atoms with van der Waals surface area (Å²) in [5.41, 5.74) is 0. The molecule has 0 bridgehead atoms. The summed E-state index contributed by atoms with van der Waals surface area (Å²) in [4.78, 5) is 10.3. The Morgan fingerprint density at radius 1 is 1.33 bits per heavy atom. The van der Waals surface area contributed by atoms with Crippen LogP contribution in [0.1, 0.15) is 38.5 Å². The zero-order valence-corrected chi connectivity index (χ0v) is 9.11. The lowest BCUT2D eigenvalue weighted by atomic mass is 10.1. The molecule has 15 heavy (non-hydrogen) atoms. The van der Waals surface area contributed by atoms with Gasteiger partial charge in [0.25, 0.3) is 0 Å². The quantitative estimate of drug-likeness (QED) is 0.554. The molecule has 1 saturated carbocycles. The summed E-state index contributed by atoms with van der Waals surface area (Å²) in [6.07, 6.45) is 5.35. The minimum atomic E-state index is -0.718. The summed E-state index contributed by atoms with van der Waals surface area (Å²) in [7, 11) is 0. The van der Waals surface area contributed by atoms with E-state index in [2.05, 4.69) is 5.32 Å². The zero-order valence-electron chi connectivity index (χ0n) is 9.11. The van der Waals surface area contributed by atoms with E-state index in [1.165, 1.54) is 6.42 Å². The average molecular weight is 215 g/mol. The maximum Gasteiger partial charge on any atom is 0.303 e. The third-order valence-corrected chi connectivity index (χ3v) is 3.12. The minimum absolute atomic E-state index is 0.260. The molecule has 1 rings (SSSR count). The average Bonchev–Trinajstić information content (AvgIpc) is 2.64. The minimum Gasteiger partial charge on any atom is -0.481 e. The van der Waals surface area contributed by atoms with Crippen LogP contribution in [-0.2, 0) is 4.79 Å². The van der Waals surface area contributed by atoms with Gasteiger partial charge in [0.2, 0.25) is 0 Å². The highest BCUT2D eigenvalue weighted by atomic mass is 16.4. The number of aliphatic hydroxyl groups excluding tert-OH is 1. The molecule has 0 aliphatic heterocycles. The van der Waals surface area contributed by atoms with Gasteiger partial charge >= 0.3 is 5.97 Å². The van der Waals surface area contributed by atoms with Crippen molar-refractivity contribution in [3.05, 3.63) is 0 Å². The number of carbonyl (C=O) groups is 1. The third-order valence-electron chi connectivity index (χ3n) is 3.12. The van der Waals surface area contributed by atoms with Crippen LogP contribution in [0.15, 0.2) is 0 Å². The highest BCUT2D eigenvalue weighted by Gasteiger charge is 2.25. The summed E-state index contributed by atoms with van der Waals surface area (Å²) in [5, 5.41) is 20.9. The van der Waals surface area contributed by atoms with Crippen LogP contribution in [0, 0.1) is 5.92 Å². The summed E-state index contributed by atoms with van der Waals surface area (Å²) in [6, 6.07) is 0.444. The lowest BCUT2D eigenvalue weighted by Gasteiger charge is -2.18. The van der Waals surface area contributed by atoms with E-state index in [0.29, 0.717) is 12.0 Å². The molecule has 2 atom stereocenters. The van der Waals surface area contributed by atoms with Crippen LogP contribution in [-0.4, -0.2) is 35.4 Å². The monoisotopic (exact) mass is 215 g/mol. The Morgan fingerprint density at radius 2 is 2.13 bits per heavy atom. The van der Waals surface area contributed by atoms with Crippen molar-refractivity contribution in [2.75, 3.05) is 13.2 Å². The molecule has 0 aromatic rings. The van der Waals surface area contributed by atoms with Crippen molar-refractivity contribution in [2.24, 2.45) is 5.92 Å². The Bertz CT molecular complexity index is 196. The Hall–Kier alpha value is -0.610. The van der Waals surface area contributed by atoms with E-state index in [-0.39, 0.29) is 13.0 Å². The van der Waals surface area contributed by atoms with Gasteiger partial charge in [0, 0.05) is 19.1 Å². The molecule has 1 aliphatic rings. The normalized spacial score (nSPS) is 25.7. The number of carboxylic acids is 1. The molecule has 0 aromatic carbocycles. The number of aliphatic hydroxyl groups is 1. The lowest BCUT2D eigenvalue weighted by Crippen LogP contribution is -2.34. The zero-order chi connectivity index (χ0) is 11.1. The Labute approximate surface area is 90.7 Å². The largest absolute Gasteiger partial charge is 0.481 e. The first kappa shape index (κ1) is 12.5. The summed E-state index contributed by atoms with van der Waals surface area (Å²) in [5.74, 6) is -0.312. The van der Waals surface area contributed by atoms with Crippen molar-refractivity contribution in [3.63, 3.8) is 0 Å². The second-order valence-electron chi connectivity index (χ2n) is 4.29. The smallest absolute Gasteiger partial charge is 0.303 e. The van der Waals surface area contributed by atoms with E-state index in [0.717, 1.165) is 32.2 Å². The Kier molecular flexibility index (Phi) is 5.65. The van der Waals surface area contributed by atoms with Crippen LogP contribution in [0.25, 0.3) is 0 Å². The second kappa shape index (κ2) is 6.80. The van der Waals surface area contributed by atoms with Gasteiger partial charge in [-0.3, -0.25) is 4.79 Å². The fourth-order valence-electron chi connectivity index (χ4n) is 2.21. The van der Waals surface area contributed by atoms with Crippen LogP contribution in [0.3, 0.4) is 0 Å². The van der Waals surface area contributed by atoms with Crippen molar-refractivity contribution < 1.29 is 15.0 Å². The number of hydrogen-bond donors (Lipinski definition) is 3. The van der Waals surface area contributed by atoms with Crippen LogP contribution in [0.2, 0.25) is 0 Å². The van der Waals surface area contributed by atoms with E-state index in [4.69, 9.17) is 10.2 Å². The molecular formula is C11H21NO3. The molecule has 0 heterocycles. The molecule has 4 heteroatoms. The molecule has 2 unspecified atom stereocenters. The van der Waals surface area contributed by atoms with Crippen molar-refractivity contribution >= 4 is 5.97 Å². The fraction of sp³-hybridized carbons (Fsp3) is 0.909. The number of unbranched alkanes of at least 4 members (excludes halogenated alkanes) is 1. The van der Waals surface area contributed by atoms with Crippen LogP contribution >= 0.6 is 0 Å². The molecule has 3 N–H and O–H groups in total. The number of carboxylic acid groups (broad SMARTS) is 1. The maximum absolute atomic E-state index is 10.3. The standard InChI is InChI=1S/C11H21NO3/c13-8-9-4-3-5-10(9)12-7-2-1-6-11(14)15/h9-10,12-13H,1-8H2,(H,14,15). The van der Waals surface area contributed by atoms with Crippen LogP contribution in [0.4, 0.5) is 0 Å². The maximum atomic E-state index is 10.3. The van der Waals surface area contributed by atoms with Crippen molar-refractivity contribution in [1.82, 2.24) is 5.32 Å². The van der Waals surface area contributed by atoms with Crippen molar-refractivity contribution in [1.29, 1.82) is 0 Å². The summed E-state index contributed by atoms with van der Waals surface area (Å²) in [6.45, 7) is 1.14.